The van der Waals surface area contributed by atoms with E-state index in [2.05, 4.69) is 25.2 Å². The Kier molecular flexibility index (Phi) is 1.23. The van der Waals surface area contributed by atoms with Crippen LogP contribution < -0.4 is 0 Å². The van der Waals surface area contributed by atoms with Crippen LogP contribution in [0.25, 0.3) is 0 Å². The van der Waals surface area contributed by atoms with E-state index in [9.17, 15) is 0 Å². The van der Waals surface area contributed by atoms with Crippen LogP contribution in [-0.4, -0.2) is 0 Å². The van der Waals surface area contributed by atoms with Crippen molar-refractivity contribution >= 4 is 0 Å². The summed E-state index contributed by atoms with van der Waals surface area (Å²) in [5.41, 5.74) is 2.14. The second kappa shape index (κ2) is 1.98. The third-order valence-corrected chi connectivity index (χ3v) is 2.89. The van der Waals surface area contributed by atoms with Crippen LogP contribution in [0.2, 0.25) is 0 Å². The van der Waals surface area contributed by atoms with Crippen molar-refractivity contribution in [3.05, 3.63) is 23.8 Å². The Morgan fingerprint density at radius 3 is 3.10 bits per heavy atom. The third kappa shape index (κ3) is 0.749. The fraction of sp³-hybridized carbons (Fsp3) is 0.600. The summed E-state index contributed by atoms with van der Waals surface area (Å²) in [6, 6.07) is 0. The summed E-state index contributed by atoms with van der Waals surface area (Å²) < 4.78 is 0. The number of hydrogen-bond donors (Lipinski definition) is 0. The summed E-state index contributed by atoms with van der Waals surface area (Å²) in [5, 5.41) is 0. The smallest absolute Gasteiger partial charge is 0.00687 e. The summed E-state index contributed by atoms with van der Waals surface area (Å²) in [4.78, 5) is 0. The monoisotopic (exact) mass is 134 g/mol. The summed E-state index contributed by atoms with van der Waals surface area (Å²) in [5.74, 6) is 0. The minimum Gasteiger partial charge on any atom is -0.0745 e. The fourth-order valence-corrected chi connectivity index (χ4v) is 2.09. The second-order valence-electron chi connectivity index (χ2n) is 3.68. The topological polar surface area (TPSA) is 0 Å². The molecule has 0 nitrogen and oxygen atoms in total. The van der Waals surface area contributed by atoms with E-state index in [-0.39, 0.29) is 0 Å². The van der Waals surface area contributed by atoms with Gasteiger partial charge in [-0.3, -0.25) is 0 Å². The lowest BCUT2D eigenvalue weighted by atomic mass is 9.74. The lowest BCUT2D eigenvalue weighted by Crippen LogP contribution is -2.17. The molecule has 1 atom stereocenters. The highest BCUT2D eigenvalue weighted by Crippen LogP contribution is 2.44. The minimum atomic E-state index is 0.470. The highest BCUT2D eigenvalue weighted by Gasteiger charge is 2.30. The van der Waals surface area contributed by atoms with Crippen LogP contribution in [0.1, 0.15) is 32.6 Å². The quantitative estimate of drug-likeness (QED) is 0.477. The van der Waals surface area contributed by atoms with E-state index < -0.39 is 0 Å². The molecule has 0 N–H and O–H groups in total. The van der Waals surface area contributed by atoms with E-state index in [1.165, 1.54) is 25.7 Å². The van der Waals surface area contributed by atoms with E-state index in [4.69, 9.17) is 0 Å². The van der Waals surface area contributed by atoms with Crippen molar-refractivity contribution in [2.24, 2.45) is 5.41 Å². The predicted molar refractivity (Wildman–Crippen MR) is 43.8 cm³/mol. The molecule has 0 bridgehead atoms. The van der Waals surface area contributed by atoms with Gasteiger partial charge in [0, 0.05) is 5.41 Å². The molecule has 2 aliphatic rings. The first kappa shape index (κ1) is 6.21. The molecule has 0 aromatic carbocycles. The average Bonchev–Trinajstić information content (AvgIpc) is 2.29. The van der Waals surface area contributed by atoms with Crippen LogP contribution in [0, 0.1) is 5.41 Å². The highest BCUT2D eigenvalue weighted by atomic mass is 14.3. The van der Waals surface area contributed by atoms with Crippen molar-refractivity contribution in [3.63, 3.8) is 0 Å². The molecule has 2 rings (SSSR count). The van der Waals surface area contributed by atoms with Gasteiger partial charge in [-0.1, -0.05) is 37.1 Å². The molecule has 54 valence electrons. The molecule has 1 unspecified atom stereocenters. The molecule has 0 heteroatoms. The molecule has 0 aromatic rings. The van der Waals surface area contributed by atoms with Gasteiger partial charge in [-0.15, -0.1) is 0 Å². The Morgan fingerprint density at radius 2 is 2.30 bits per heavy atom. The Labute approximate surface area is 62.6 Å². The summed E-state index contributed by atoms with van der Waals surface area (Å²) >= 11 is 0. The standard InChI is InChI=1S/C10H14/c1-10-7-3-2-5-9(10)6-4-8-10/h4,6,8H,2-3,5,7H2,1H3. The molecule has 0 radical (unpaired) electrons. The van der Waals surface area contributed by atoms with Crippen LogP contribution >= 0.6 is 0 Å². The van der Waals surface area contributed by atoms with Crippen LogP contribution in [0.15, 0.2) is 23.8 Å². The largest absolute Gasteiger partial charge is 0.0745 e. The zero-order valence-electron chi connectivity index (χ0n) is 6.56. The molecule has 2 aliphatic carbocycles. The molecule has 1 saturated carbocycles. The van der Waals surface area contributed by atoms with Gasteiger partial charge in [-0.25, -0.2) is 0 Å². The molecule has 0 saturated heterocycles. The van der Waals surface area contributed by atoms with E-state index in [1.54, 1.807) is 5.57 Å². The SMILES string of the molecule is CC12C=CC=C1CCCC2. The lowest BCUT2D eigenvalue weighted by molar-refractivity contribution is 0.388. The second-order valence-corrected chi connectivity index (χ2v) is 3.68. The van der Waals surface area contributed by atoms with Gasteiger partial charge in [0.2, 0.25) is 0 Å². The molecule has 0 heterocycles. The van der Waals surface area contributed by atoms with Crippen LogP contribution in [0.4, 0.5) is 0 Å². The first-order chi connectivity index (χ1) is 4.81. The zero-order chi connectivity index (χ0) is 7.03. The predicted octanol–water partition coefficient (Wildman–Crippen LogP) is 3.06. The maximum atomic E-state index is 2.36. The van der Waals surface area contributed by atoms with Crippen LogP contribution in [-0.2, 0) is 0 Å². The van der Waals surface area contributed by atoms with Crippen molar-refractivity contribution in [2.75, 3.05) is 0 Å². The van der Waals surface area contributed by atoms with E-state index in [1.807, 2.05) is 0 Å². The normalized spacial score (nSPS) is 37.5. The number of rotatable bonds is 0. The van der Waals surface area contributed by atoms with Crippen molar-refractivity contribution < 1.29 is 0 Å². The van der Waals surface area contributed by atoms with Gasteiger partial charge >= 0.3 is 0 Å². The van der Waals surface area contributed by atoms with Crippen molar-refractivity contribution in [1.29, 1.82) is 0 Å². The van der Waals surface area contributed by atoms with Crippen molar-refractivity contribution in [3.8, 4) is 0 Å². The Morgan fingerprint density at radius 1 is 1.40 bits per heavy atom. The maximum Gasteiger partial charge on any atom is 0.00687 e. The summed E-state index contributed by atoms with van der Waals surface area (Å²) in [6.07, 6.45) is 12.4. The van der Waals surface area contributed by atoms with Gasteiger partial charge in [0.15, 0.2) is 0 Å². The van der Waals surface area contributed by atoms with Gasteiger partial charge in [0.25, 0.3) is 0 Å². The third-order valence-electron chi connectivity index (χ3n) is 2.89. The molecule has 1 fully saturated rings. The van der Waals surface area contributed by atoms with Gasteiger partial charge in [0.1, 0.15) is 0 Å². The van der Waals surface area contributed by atoms with Gasteiger partial charge in [0.05, 0.1) is 0 Å². The molecule has 0 aliphatic heterocycles. The molecule has 0 spiro atoms. The highest BCUT2D eigenvalue weighted by molar-refractivity contribution is 5.33. The van der Waals surface area contributed by atoms with Crippen LogP contribution in [0.5, 0.6) is 0 Å². The Bertz CT molecular complexity index is 198. The van der Waals surface area contributed by atoms with Gasteiger partial charge < -0.3 is 0 Å². The maximum absolute atomic E-state index is 2.36. The molecule has 0 amide bonds. The zero-order valence-corrected chi connectivity index (χ0v) is 6.56. The van der Waals surface area contributed by atoms with Gasteiger partial charge in [-0.05, 0) is 19.3 Å². The average molecular weight is 134 g/mol. The molecular formula is C10H14. The van der Waals surface area contributed by atoms with Crippen molar-refractivity contribution in [2.45, 2.75) is 32.6 Å². The van der Waals surface area contributed by atoms with Gasteiger partial charge in [-0.2, -0.15) is 0 Å². The Balaban J connectivity index is 2.28. The molecule has 0 aromatic heterocycles. The molecule has 10 heavy (non-hydrogen) atoms. The van der Waals surface area contributed by atoms with Crippen LogP contribution in [0.3, 0.4) is 0 Å². The minimum absolute atomic E-state index is 0.470. The number of allylic oxidation sites excluding steroid dienone is 4. The number of fused-ring (bicyclic) bond motifs is 1. The lowest BCUT2D eigenvalue weighted by Gasteiger charge is -2.30. The first-order valence-corrected chi connectivity index (χ1v) is 4.20. The summed E-state index contributed by atoms with van der Waals surface area (Å²) in [6.45, 7) is 2.36. The fourth-order valence-electron chi connectivity index (χ4n) is 2.09. The first-order valence-electron chi connectivity index (χ1n) is 4.20. The molecular weight excluding hydrogens is 120 g/mol. The summed E-state index contributed by atoms with van der Waals surface area (Å²) in [7, 11) is 0. The number of hydrogen-bond acceptors (Lipinski definition) is 0. The van der Waals surface area contributed by atoms with Crippen molar-refractivity contribution in [1.82, 2.24) is 0 Å². The Hall–Kier alpha value is -0.520. The van der Waals surface area contributed by atoms with E-state index >= 15 is 0 Å². The van der Waals surface area contributed by atoms with E-state index in [0.29, 0.717) is 5.41 Å². The van der Waals surface area contributed by atoms with E-state index in [0.717, 1.165) is 0 Å².